The van der Waals surface area contributed by atoms with Crippen LogP contribution in [-0.2, 0) is 6.42 Å². The lowest BCUT2D eigenvalue weighted by Crippen LogP contribution is -1.99. The molecule has 0 radical (unpaired) electrons. The summed E-state index contributed by atoms with van der Waals surface area (Å²) < 4.78 is 0. The molecule has 2 aromatic carbocycles. The minimum Gasteiger partial charge on any atom is -0.352 e. The number of hydrogen-bond donors (Lipinski definition) is 2. The largest absolute Gasteiger partial charge is 0.352 e. The fraction of sp³-hybridized carbons (Fsp3) is 0.190. The van der Waals surface area contributed by atoms with E-state index in [2.05, 4.69) is 46.4 Å². The molecule has 0 amide bonds. The number of fused-ring (bicyclic) bond motifs is 3. The van der Waals surface area contributed by atoms with E-state index in [1.165, 1.54) is 21.7 Å². The monoisotopic (exact) mass is 349 g/mol. The maximum absolute atomic E-state index is 6.44. The molecule has 0 saturated carbocycles. The summed E-state index contributed by atoms with van der Waals surface area (Å²) in [4.78, 5) is 8.14. The van der Waals surface area contributed by atoms with Crippen molar-refractivity contribution in [2.75, 3.05) is 6.54 Å². The van der Waals surface area contributed by atoms with Crippen molar-refractivity contribution in [2.45, 2.75) is 19.3 Å². The van der Waals surface area contributed by atoms with Crippen molar-refractivity contribution in [3.05, 3.63) is 65.3 Å². The Balaban J connectivity index is 1.98. The molecule has 3 nitrogen and oxygen atoms in total. The van der Waals surface area contributed by atoms with Gasteiger partial charge in [0.05, 0.1) is 16.2 Å². The van der Waals surface area contributed by atoms with Crippen molar-refractivity contribution < 1.29 is 0 Å². The zero-order chi connectivity index (χ0) is 17.2. The molecule has 0 bridgehead atoms. The fourth-order valence-electron chi connectivity index (χ4n) is 3.47. The third-order valence-corrected chi connectivity index (χ3v) is 4.99. The second kappa shape index (κ2) is 6.87. The fourth-order valence-corrected chi connectivity index (χ4v) is 3.69. The molecule has 0 aliphatic heterocycles. The average Bonchev–Trinajstić information content (AvgIpc) is 3.01. The summed E-state index contributed by atoms with van der Waals surface area (Å²) >= 11 is 6.44. The summed E-state index contributed by atoms with van der Waals surface area (Å²) in [6.45, 7) is 0.713. The Bertz CT molecular complexity index is 1040. The first kappa shape index (κ1) is 16.1. The van der Waals surface area contributed by atoms with E-state index in [0.29, 0.717) is 11.6 Å². The van der Waals surface area contributed by atoms with Crippen LogP contribution in [0.15, 0.2) is 54.7 Å². The number of hydrogen-bond acceptors (Lipinski definition) is 2. The Kier molecular flexibility index (Phi) is 4.43. The van der Waals surface area contributed by atoms with E-state index in [0.717, 1.165) is 36.2 Å². The molecule has 4 rings (SSSR count). The Morgan fingerprint density at radius 3 is 2.68 bits per heavy atom. The van der Waals surface area contributed by atoms with Gasteiger partial charge in [-0.1, -0.05) is 48.0 Å². The summed E-state index contributed by atoms with van der Waals surface area (Å²) in [5.41, 5.74) is 9.94. The van der Waals surface area contributed by atoms with Gasteiger partial charge in [0.2, 0.25) is 0 Å². The molecule has 4 aromatic rings. The second-order valence-electron chi connectivity index (χ2n) is 6.27. The number of unbranched alkanes of at least 4 members (excludes halogenated alkanes) is 1. The van der Waals surface area contributed by atoms with Gasteiger partial charge in [-0.3, -0.25) is 4.98 Å². The quantitative estimate of drug-likeness (QED) is 0.479. The van der Waals surface area contributed by atoms with Gasteiger partial charge in [0.25, 0.3) is 0 Å². The van der Waals surface area contributed by atoms with E-state index < -0.39 is 0 Å². The van der Waals surface area contributed by atoms with Gasteiger partial charge in [-0.2, -0.15) is 0 Å². The molecule has 0 saturated heterocycles. The third kappa shape index (κ3) is 2.90. The Morgan fingerprint density at radius 2 is 1.84 bits per heavy atom. The zero-order valence-corrected chi connectivity index (χ0v) is 14.7. The first-order chi connectivity index (χ1) is 12.3. The van der Waals surface area contributed by atoms with E-state index in [9.17, 15) is 0 Å². The number of pyridine rings is 1. The Labute approximate surface area is 151 Å². The summed E-state index contributed by atoms with van der Waals surface area (Å²) in [5, 5.41) is 4.35. The van der Waals surface area contributed by atoms with Crippen LogP contribution in [0.4, 0.5) is 0 Å². The number of halogens is 1. The van der Waals surface area contributed by atoms with Gasteiger partial charge in [0, 0.05) is 17.0 Å². The molecule has 126 valence electrons. The molecule has 3 N–H and O–H groups in total. The predicted molar refractivity (Wildman–Crippen MR) is 106 cm³/mol. The maximum Gasteiger partial charge on any atom is 0.105 e. The van der Waals surface area contributed by atoms with Crippen molar-refractivity contribution in [3.63, 3.8) is 0 Å². The highest BCUT2D eigenvalue weighted by Crippen LogP contribution is 2.36. The van der Waals surface area contributed by atoms with Crippen molar-refractivity contribution in [1.82, 2.24) is 9.97 Å². The predicted octanol–water partition coefficient (Wildman–Crippen LogP) is 5.32. The number of nitrogens with two attached hydrogens (primary N) is 1. The van der Waals surface area contributed by atoms with E-state index >= 15 is 0 Å². The highest BCUT2D eigenvalue weighted by atomic mass is 35.5. The standard InChI is InChI=1S/C21H20ClN3/c22-18-9-5-13-24-21(18)20-16(8-3-4-12-23)17-11-10-14-6-1-2-7-15(14)19(17)25-20/h1-2,5-7,9-11,13,25H,3-4,8,12,23H2. The number of nitrogens with zero attached hydrogens (tertiary/aromatic N) is 1. The number of H-pyrrole nitrogens is 1. The summed E-state index contributed by atoms with van der Waals surface area (Å²) in [6, 6.07) is 16.6. The van der Waals surface area contributed by atoms with Crippen LogP contribution >= 0.6 is 11.6 Å². The van der Waals surface area contributed by atoms with Gasteiger partial charge >= 0.3 is 0 Å². The van der Waals surface area contributed by atoms with E-state index in [-0.39, 0.29) is 0 Å². The topological polar surface area (TPSA) is 54.7 Å². The lowest BCUT2D eigenvalue weighted by atomic mass is 10.00. The van der Waals surface area contributed by atoms with E-state index in [1.54, 1.807) is 6.20 Å². The van der Waals surface area contributed by atoms with E-state index in [1.807, 2.05) is 12.1 Å². The first-order valence-electron chi connectivity index (χ1n) is 8.63. The summed E-state index contributed by atoms with van der Waals surface area (Å²) in [6.07, 6.45) is 4.80. The molecular formula is C21H20ClN3. The van der Waals surface area contributed by atoms with Crippen LogP contribution in [0.2, 0.25) is 5.02 Å². The minimum absolute atomic E-state index is 0.665. The molecular weight excluding hydrogens is 330 g/mol. The van der Waals surface area contributed by atoms with Crippen LogP contribution in [0.25, 0.3) is 33.1 Å². The average molecular weight is 350 g/mol. The molecule has 0 atom stereocenters. The Hall–Kier alpha value is -2.36. The van der Waals surface area contributed by atoms with Gasteiger partial charge in [-0.25, -0.2) is 0 Å². The number of aromatic nitrogens is 2. The zero-order valence-electron chi connectivity index (χ0n) is 13.9. The van der Waals surface area contributed by atoms with E-state index in [4.69, 9.17) is 17.3 Å². The minimum atomic E-state index is 0.665. The highest BCUT2D eigenvalue weighted by Gasteiger charge is 2.17. The second-order valence-corrected chi connectivity index (χ2v) is 6.67. The highest BCUT2D eigenvalue weighted by molar-refractivity contribution is 6.33. The number of aromatic amines is 1. The lowest BCUT2D eigenvalue weighted by molar-refractivity contribution is 0.748. The SMILES string of the molecule is NCCCCc1c(-c2ncccc2Cl)[nH]c2c1ccc1ccccc12. The maximum atomic E-state index is 6.44. The van der Waals surface area contributed by atoms with Gasteiger partial charge in [-0.05, 0) is 48.9 Å². The van der Waals surface area contributed by atoms with Crippen molar-refractivity contribution >= 4 is 33.3 Å². The molecule has 0 aliphatic carbocycles. The van der Waals surface area contributed by atoms with Gasteiger partial charge in [0.15, 0.2) is 0 Å². The Morgan fingerprint density at radius 1 is 0.960 bits per heavy atom. The van der Waals surface area contributed by atoms with Crippen molar-refractivity contribution in [1.29, 1.82) is 0 Å². The number of nitrogens with one attached hydrogen (secondary N) is 1. The van der Waals surface area contributed by atoms with Crippen LogP contribution in [-0.4, -0.2) is 16.5 Å². The van der Waals surface area contributed by atoms with Crippen LogP contribution in [0.5, 0.6) is 0 Å². The van der Waals surface area contributed by atoms with Crippen molar-refractivity contribution in [3.8, 4) is 11.4 Å². The van der Waals surface area contributed by atoms with Crippen LogP contribution in [0.3, 0.4) is 0 Å². The molecule has 25 heavy (non-hydrogen) atoms. The van der Waals surface area contributed by atoms with Gasteiger partial charge < -0.3 is 10.7 Å². The number of rotatable bonds is 5. The molecule has 0 aliphatic rings. The van der Waals surface area contributed by atoms with Crippen LogP contribution in [0, 0.1) is 0 Å². The first-order valence-corrected chi connectivity index (χ1v) is 9.00. The van der Waals surface area contributed by atoms with Crippen molar-refractivity contribution in [2.24, 2.45) is 5.73 Å². The number of benzene rings is 2. The van der Waals surface area contributed by atoms with Crippen LogP contribution in [0.1, 0.15) is 18.4 Å². The molecule has 0 fully saturated rings. The lowest BCUT2D eigenvalue weighted by Gasteiger charge is -2.06. The van der Waals surface area contributed by atoms with Gasteiger partial charge in [-0.15, -0.1) is 0 Å². The van der Waals surface area contributed by atoms with Gasteiger partial charge in [0.1, 0.15) is 5.69 Å². The summed E-state index contributed by atoms with van der Waals surface area (Å²) in [5.74, 6) is 0. The third-order valence-electron chi connectivity index (χ3n) is 4.68. The normalized spacial score (nSPS) is 11.4. The van der Waals surface area contributed by atoms with Crippen LogP contribution < -0.4 is 5.73 Å². The molecule has 0 spiro atoms. The molecule has 2 aromatic heterocycles. The molecule has 4 heteroatoms. The summed E-state index contributed by atoms with van der Waals surface area (Å²) in [7, 11) is 0. The molecule has 0 unspecified atom stereocenters. The smallest absolute Gasteiger partial charge is 0.105 e. The molecule has 2 heterocycles. The number of aryl methyl sites for hydroxylation is 1.